The summed E-state index contributed by atoms with van der Waals surface area (Å²) in [6, 6.07) is 0. The van der Waals surface area contributed by atoms with Crippen molar-refractivity contribution in [2.75, 3.05) is 12.1 Å². The van der Waals surface area contributed by atoms with E-state index in [9.17, 15) is 9.59 Å². The predicted molar refractivity (Wildman–Crippen MR) is 132 cm³/mol. The lowest BCUT2D eigenvalue weighted by atomic mass is 10.1. The van der Waals surface area contributed by atoms with Crippen LogP contribution in [0.2, 0.25) is 0 Å². The van der Waals surface area contributed by atoms with E-state index in [0.717, 1.165) is 0 Å². The largest absolute Gasteiger partial charge is 0.462 e. The van der Waals surface area contributed by atoms with Gasteiger partial charge < -0.3 is 29.0 Å². The van der Waals surface area contributed by atoms with Gasteiger partial charge in [0.15, 0.2) is 17.6 Å². The van der Waals surface area contributed by atoms with Gasteiger partial charge in [-0.2, -0.15) is 0 Å². The molecule has 3 atom stereocenters. The van der Waals surface area contributed by atoms with Gasteiger partial charge in [-0.25, -0.2) is 19.7 Å². The van der Waals surface area contributed by atoms with Crippen molar-refractivity contribution in [1.29, 1.82) is 0 Å². The quantitative estimate of drug-likeness (QED) is 0.301. The van der Waals surface area contributed by atoms with E-state index in [2.05, 4.69) is 20.0 Å². The second-order valence-corrected chi connectivity index (χ2v) is 10.7. The summed E-state index contributed by atoms with van der Waals surface area (Å²) in [5.41, 5.74) is 5.91. The monoisotopic (exact) mass is 512 g/mol. The van der Waals surface area contributed by atoms with Crippen molar-refractivity contribution in [2.24, 2.45) is 0 Å². The predicted octanol–water partition coefficient (Wildman–Crippen LogP) is 2.76. The summed E-state index contributed by atoms with van der Waals surface area (Å²) in [7, 11) is -1.58. The zero-order chi connectivity index (χ0) is 26.3. The van der Waals surface area contributed by atoms with Crippen LogP contribution in [0.4, 0.5) is 5.82 Å². The second kappa shape index (κ2) is 12.5. The van der Waals surface area contributed by atoms with E-state index in [1.54, 1.807) is 54.8 Å². The molecule has 12 nitrogen and oxygen atoms in total. The zero-order valence-electron chi connectivity index (χ0n) is 21.6. The summed E-state index contributed by atoms with van der Waals surface area (Å²) in [5.74, 6) is -0.621. The lowest BCUT2D eigenvalue weighted by Gasteiger charge is -2.31. The number of anilines is 1. The first-order valence-electron chi connectivity index (χ1n) is 11.5. The summed E-state index contributed by atoms with van der Waals surface area (Å²) >= 11 is 0. The Hall–Kier alpha value is -2.40. The highest BCUT2D eigenvalue weighted by molar-refractivity contribution is 7.50. The van der Waals surface area contributed by atoms with Crippen LogP contribution in [0.5, 0.6) is 0 Å². The van der Waals surface area contributed by atoms with Crippen molar-refractivity contribution >= 4 is 37.2 Å². The number of esters is 2. The number of carbonyl (C=O) groups excluding carboxylic acids is 2. The van der Waals surface area contributed by atoms with Gasteiger partial charge >= 0.3 is 11.9 Å². The van der Waals surface area contributed by atoms with Crippen LogP contribution in [-0.4, -0.2) is 67.8 Å². The van der Waals surface area contributed by atoms with Gasteiger partial charge in [0.05, 0.1) is 31.2 Å². The number of nitrogens with two attached hydrogens (primary N) is 1. The number of nitrogen functional groups attached to an aromatic ring is 1. The molecule has 2 aromatic rings. The smallest absolute Gasteiger partial charge is 0.335 e. The molecule has 35 heavy (non-hydrogen) atoms. The van der Waals surface area contributed by atoms with Crippen molar-refractivity contribution < 1.29 is 28.3 Å². The highest BCUT2D eigenvalue weighted by Crippen LogP contribution is 2.38. The highest BCUT2D eigenvalue weighted by atomic mass is 31.2. The number of hydrogen-bond acceptors (Lipinski definition) is 11. The summed E-state index contributed by atoms with van der Waals surface area (Å²) in [6.07, 6.45) is 1.44. The standard InChI is InChI=1S/C22H37N6O6P/c1-13(2)32-20(29)16(6)34-35(27-22(7,8)21(30)33-14(3)4)12-31-15(5)9-28-11-26-17-18(23)24-10-25-19(17)28/h10-11,13-16,27H,9,12H2,1-8H3,(H2,23,24,25)/t15-,16+,35?/m1/s1. The van der Waals surface area contributed by atoms with Crippen molar-refractivity contribution in [1.82, 2.24) is 24.6 Å². The van der Waals surface area contributed by atoms with Crippen LogP contribution in [0.25, 0.3) is 11.2 Å². The van der Waals surface area contributed by atoms with Gasteiger partial charge in [0.2, 0.25) is 0 Å². The van der Waals surface area contributed by atoms with E-state index >= 15 is 0 Å². The normalized spacial score (nSPS) is 14.8. The van der Waals surface area contributed by atoms with E-state index < -0.39 is 31.9 Å². The Kier molecular flexibility index (Phi) is 10.3. The Labute approximate surface area is 207 Å². The van der Waals surface area contributed by atoms with Crippen LogP contribution in [0.1, 0.15) is 55.4 Å². The molecule has 1 unspecified atom stereocenters. The fraction of sp³-hybridized carbons (Fsp3) is 0.682. The summed E-state index contributed by atoms with van der Waals surface area (Å²) in [4.78, 5) is 37.3. The molecule has 0 amide bonds. The molecule has 0 fully saturated rings. The third-order valence-corrected chi connectivity index (χ3v) is 6.35. The topological polar surface area (TPSA) is 153 Å². The molecule has 0 saturated heterocycles. The van der Waals surface area contributed by atoms with Crippen molar-refractivity contribution in [3.8, 4) is 0 Å². The number of carbonyl (C=O) groups is 2. The number of aromatic nitrogens is 4. The van der Waals surface area contributed by atoms with Crippen molar-refractivity contribution in [3.05, 3.63) is 12.7 Å². The first-order chi connectivity index (χ1) is 16.3. The molecule has 196 valence electrons. The summed E-state index contributed by atoms with van der Waals surface area (Å²) in [6.45, 7) is 14.4. The Morgan fingerprint density at radius 3 is 2.37 bits per heavy atom. The third-order valence-electron chi connectivity index (χ3n) is 4.59. The van der Waals surface area contributed by atoms with Crippen LogP contribution >= 0.6 is 8.30 Å². The SMILES string of the molecule is CC(C)OC(=O)[C@H](C)OP(CO[C@H](C)Cn1cnc2c(N)ncnc21)NC(C)(C)C(=O)OC(C)C. The molecule has 13 heteroatoms. The van der Waals surface area contributed by atoms with E-state index in [1.165, 1.54) is 6.33 Å². The molecule has 0 bridgehead atoms. The molecule has 2 aromatic heterocycles. The van der Waals surface area contributed by atoms with Gasteiger partial charge in [0, 0.05) is 0 Å². The number of nitrogens with zero attached hydrogens (tertiary/aromatic N) is 4. The molecular weight excluding hydrogens is 475 g/mol. The summed E-state index contributed by atoms with van der Waals surface area (Å²) in [5, 5.41) is 3.17. The number of imidazole rings is 1. The minimum atomic E-state index is -1.58. The molecule has 0 spiro atoms. The van der Waals surface area contributed by atoms with Crippen LogP contribution in [0, 0.1) is 0 Å². The fourth-order valence-corrected chi connectivity index (χ4v) is 4.68. The van der Waals surface area contributed by atoms with Crippen molar-refractivity contribution in [3.63, 3.8) is 0 Å². The Balaban J connectivity index is 2.08. The zero-order valence-corrected chi connectivity index (χ0v) is 22.5. The minimum Gasteiger partial charge on any atom is -0.462 e. The van der Waals surface area contributed by atoms with E-state index in [1.807, 2.05) is 11.5 Å². The molecule has 0 aromatic carbocycles. The Morgan fingerprint density at radius 2 is 1.74 bits per heavy atom. The maximum absolute atomic E-state index is 12.6. The van der Waals surface area contributed by atoms with Crippen LogP contribution in [-0.2, 0) is 34.9 Å². The van der Waals surface area contributed by atoms with Crippen LogP contribution < -0.4 is 10.8 Å². The van der Waals surface area contributed by atoms with E-state index in [0.29, 0.717) is 23.5 Å². The van der Waals surface area contributed by atoms with Gasteiger partial charge in [0.1, 0.15) is 32.0 Å². The van der Waals surface area contributed by atoms with Gasteiger partial charge in [0.25, 0.3) is 0 Å². The number of fused-ring (bicyclic) bond motifs is 1. The molecule has 0 aliphatic rings. The maximum atomic E-state index is 12.6. The molecular formula is C22H37N6O6P. The van der Waals surface area contributed by atoms with Crippen LogP contribution in [0.3, 0.4) is 0 Å². The van der Waals surface area contributed by atoms with Crippen molar-refractivity contribution in [2.45, 2.75) is 91.9 Å². The number of ether oxygens (including phenoxy) is 3. The van der Waals surface area contributed by atoms with Gasteiger partial charge in [-0.05, 0) is 55.4 Å². The van der Waals surface area contributed by atoms with Gasteiger partial charge in [-0.3, -0.25) is 9.88 Å². The molecule has 0 saturated carbocycles. The number of rotatable bonds is 13. The molecule has 0 radical (unpaired) electrons. The third kappa shape index (κ3) is 8.64. The maximum Gasteiger partial charge on any atom is 0.335 e. The molecule has 2 rings (SSSR count). The second-order valence-electron chi connectivity index (χ2n) is 9.24. The van der Waals surface area contributed by atoms with E-state index in [4.69, 9.17) is 24.5 Å². The highest BCUT2D eigenvalue weighted by Gasteiger charge is 2.35. The Bertz CT molecular complexity index is 998. The van der Waals surface area contributed by atoms with Gasteiger partial charge in [-0.1, -0.05) is 0 Å². The molecule has 3 N–H and O–H groups in total. The van der Waals surface area contributed by atoms with Gasteiger partial charge in [-0.15, -0.1) is 0 Å². The first-order valence-corrected chi connectivity index (χ1v) is 12.9. The minimum absolute atomic E-state index is 0.109. The molecule has 2 heterocycles. The lowest BCUT2D eigenvalue weighted by molar-refractivity contribution is -0.154. The summed E-state index contributed by atoms with van der Waals surface area (Å²) < 4.78 is 24.4. The first kappa shape index (κ1) is 28.8. The molecule has 0 aliphatic heterocycles. The molecule has 0 aliphatic carbocycles. The lowest BCUT2D eigenvalue weighted by Crippen LogP contribution is -2.47. The van der Waals surface area contributed by atoms with Crippen LogP contribution in [0.15, 0.2) is 12.7 Å². The fourth-order valence-electron chi connectivity index (χ4n) is 2.93. The average Bonchev–Trinajstić information content (AvgIpc) is 3.14. The van der Waals surface area contributed by atoms with E-state index in [-0.39, 0.29) is 24.7 Å². The average molecular weight is 513 g/mol. The Morgan fingerprint density at radius 1 is 1.09 bits per heavy atom. The number of nitrogens with one attached hydrogen (secondary N) is 1. The number of hydrogen-bond donors (Lipinski definition) is 2.